The third-order valence-electron chi connectivity index (χ3n) is 3.78. The number of piperidine rings is 1. The zero-order chi connectivity index (χ0) is 12.4. The van der Waals surface area contributed by atoms with Gasteiger partial charge in [0.15, 0.2) is 5.82 Å². The van der Waals surface area contributed by atoms with E-state index in [4.69, 9.17) is 0 Å². The fourth-order valence-corrected chi connectivity index (χ4v) is 2.51. The fourth-order valence-electron chi connectivity index (χ4n) is 2.51. The first-order chi connectivity index (χ1) is 8.06. The van der Waals surface area contributed by atoms with Gasteiger partial charge >= 0.3 is 0 Å². The molecule has 96 valence electrons. The van der Waals surface area contributed by atoms with Crippen LogP contribution in [0.1, 0.15) is 26.1 Å². The number of nitrogens with zero attached hydrogens (tertiary/aromatic N) is 4. The molecule has 5 nitrogen and oxygen atoms in total. The van der Waals surface area contributed by atoms with Crippen molar-refractivity contribution in [3.05, 3.63) is 12.2 Å². The second-order valence-electron chi connectivity index (χ2n) is 5.32. The third kappa shape index (κ3) is 3.04. The molecule has 0 radical (unpaired) electrons. The van der Waals surface area contributed by atoms with E-state index < -0.39 is 0 Å². The average molecular weight is 237 g/mol. The van der Waals surface area contributed by atoms with Crippen molar-refractivity contribution in [3.8, 4) is 0 Å². The Morgan fingerprint density at radius 3 is 2.82 bits per heavy atom. The van der Waals surface area contributed by atoms with Gasteiger partial charge < -0.3 is 10.2 Å². The molecule has 1 fully saturated rings. The van der Waals surface area contributed by atoms with E-state index in [1.165, 1.54) is 6.42 Å². The van der Waals surface area contributed by atoms with Crippen LogP contribution in [0.2, 0.25) is 0 Å². The Labute approximate surface area is 103 Å². The van der Waals surface area contributed by atoms with Crippen molar-refractivity contribution in [2.45, 2.75) is 38.9 Å². The number of aryl methyl sites for hydroxylation is 1. The SMILES string of the molecule is CC1CN(C)C(C)CC1NCc1ncn(C)n1. The van der Waals surface area contributed by atoms with Gasteiger partial charge in [-0.05, 0) is 26.3 Å². The van der Waals surface area contributed by atoms with Crippen molar-refractivity contribution in [1.82, 2.24) is 25.0 Å². The van der Waals surface area contributed by atoms with E-state index in [-0.39, 0.29) is 0 Å². The van der Waals surface area contributed by atoms with E-state index in [0.717, 1.165) is 18.9 Å². The molecule has 5 heteroatoms. The summed E-state index contributed by atoms with van der Waals surface area (Å²) in [6.07, 6.45) is 2.95. The van der Waals surface area contributed by atoms with Crippen LogP contribution in [0.25, 0.3) is 0 Å². The first-order valence-electron chi connectivity index (χ1n) is 6.34. The predicted molar refractivity (Wildman–Crippen MR) is 67.5 cm³/mol. The molecule has 0 aliphatic carbocycles. The first kappa shape index (κ1) is 12.5. The number of nitrogens with one attached hydrogen (secondary N) is 1. The molecule has 2 heterocycles. The predicted octanol–water partition coefficient (Wildman–Crippen LogP) is 0.633. The van der Waals surface area contributed by atoms with Crippen LogP contribution in [-0.4, -0.2) is 45.3 Å². The van der Waals surface area contributed by atoms with Crippen LogP contribution in [0.4, 0.5) is 0 Å². The molecular formula is C12H23N5. The van der Waals surface area contributed by atoms with Crippen LogP contribution >= 0.6 is 0 Å². The molecule has 1 aromatic heterocycles. The zero-order valence-corrected chi connectivity index (χ0v) is 11.2. The van der Waals surface area contributed by atoms with Crippen molar-refractivity contribution in [2.75, 3.05) is 13.6 Å². The molecule has 0 bridgehead atoms. The monoisotopic (exact) mass is 237 g/mol. The molecule has 0 spiro atoms. The number of aromatic nitrogens is 3. The number of rotatable bonds is 3. The zero-order valence-electron chi connectivity index (χ0n) is 11.2. The van der Waals surface area contributed by atoms with E-state index in [9.17, 15) is 0 Å². The normalized spacial score (nSPS) is 30.7. The van der Waals surface area contributed by atoms with Crippen molar-refractivity contribution in [2.24, 2.45) is 13.0 Å². The molecule has 1 aliphatic heterocycles. The second-order valence-corrected chi connectivity index (χ2v) is 5.32. The maximum Gasteiger partial charge on any atom is 0.164 e. The number of hydrogen-bond donors (Lipinski definition) is 1. The van der Waals surface area contributed by atoms with E-state index in [1.807, 2.05) is 7.05 Å². The van der Waals surface area contributed by atoms with Crippen LogP contribution in [0.15, 0.2) is 6.33 Å². The lowest BCUT2D eigenvalue weighted by molar-refractivity contribution is 0.120. The Morgan fingerprint density at radius 2 is 2.18 bits per heavy atom. The maximum atomic E-state index is 4.29. The van der Waals surface area contributed by atoms with E-state index in [1.54, 1.807) is 11.0 Å². The van der Waals surface area contributed by atoms with Crippen molar-refractivity contribution < 1.29 is 0 Å². The molecular weight excluding hydrogens is 214 g/mol. The van der Waals surface area contributed by atoms with E-state index in [2.05, 4.69) is 41.2 Å². The summed E-state index contributed by atoms with van der Waals surface area (Å²) in [5.41, 5.74) is 0. The minimum Gasteiger partial charge on any atom is -0.307 e. The molecule has 0 aromatic carbocycles. The molecule has 0 saturated carbocycles. The van der Waals surface area contributed by atoms with E-state index in [0.29, 0.717) is 18.0 Å². The summed E-state index contributed by atoms with van der Waals surface area (Å²) < 4.78 is 1.75. The summed E-state index contributed by atoms with van der Waals surface area (Å²) in [5, 5.41) is 7.87. The van der Waals surface area contributed by atoms with Gasteiger partial charge in [-0.3, -0.25) is 4.68 Å². The minimum atomic E-state index is 0.574. The minimum absolute atomic E-state index is 0.574. The van der Waals surface area contributed by atoms with Crippen LogP contribution in [-0.2, 0) is 13.6 Å². The van der Waals surface area contributed by atoms with Gasteiger partial charge in [-0.1, -0.05) is 6.92 Å². The first-order valence-corrected chi connectivity index (χ1v) is 6.34. The molecule has 3 atom stereocenters. The number of hydrogen-bond acceptors (Lipinski definition) is 4. The number of likely N-dealkylation sites (tertiary alicyclic amines) is 1. The lowest BCUT2D eigenvalue weighted by Crippen LogP contribution is -2.50. The molecule has 1 saturated heterocycles. The Morgan fingerprint density at radius 1 is 1.41 bits per heavy atom. The smallest absolute Gasteiger partial charge is 0.164 e. The van der Waals surface area contributed by atoms with Crippen LogP contribution in [0.5, 0.6) is 0 Å². The van der Waals surface area contributed by atoms with Crippen LogP contribution in [0.3, 0.4) is 0 Å². The quantitative estimate of drug-likeness (QED) is 0.838. The summed E-state index contributed by atoms with van der Waals surface area (Å²) in [6, 6.07) is 1.23. The Bertz CT molecular complexity index is 362. The molecule has 0 amide bonds. The van der Waals surface area contributed by atoms with Crippen molar-refractivity contribution >= 4 is 0 Å². The average Bonchev–Trinajstić information content (AvgIpc) is 2.68. The van der Waals surface area contributed by atoms with E-state index >= 15 is 0 Å². The molecule has 1 N–H and O–H groups in total. The summed E-state index contributed by atoms with van der Waals surface area (Å²) in [7, 11) is 4.11. The van der Waals surface area contributed by atoms with Gasteiger partial charge in [-0.25, -0.2) is 4.98 Å². The standard InChI is InChI=1S/C12H23N5/c1-9-7-16(3)10(2)5-11(9)13-6-12-14-8-17(4)15-12/h8-11,13H,5-7H2,1-4H3. The highest BCUT2D eigenvalue weighted by Crippen LogP contribution is 2.20. The largest absolute Gasteiger partial charge is 0.307 e. The van der Waals surface area contributed by atoms with Crippen molar-refractivity contribution in [1.29, 1.82) is 0 Å². The summed E-state index contributed by atoms with van der Waals surface area (Å²) in [5.74, 6) is 1.56. The van der Waals surface area contributed by atoms with Gasteiger partial charge in [0.1, 0.15) is 6.33 Å². The molecule has 2 rings (SSSR count). The lowest BCUT2D eigenvalue weighted by Gasteiger charge is -2.40. The summed E-state index contributed by atoms with van der Waals surface area (Å²) >= 11 is 0. The Balaban J connectivity index is 1.86. The highest BCUT2D eigenvalue weighted by atomic mass is 15.3. The van der Waals surface area contributed by atoms with Gasteiger partial charge in [0.2, 0.25) is 0 Å². The Kier molecular flexibility index (Phi) is 3.79. The lowest BCUT2D eigenvalue weighted by atomic mass is 9.90. The molecule has 1 aliphatic rings. The van der Waals surface area contributed by atoms with Gasteiger partial charge in [0, 0.05) is 25.7 Å². The second kappa shape index (κ2) is 5.14. The maximum absolute atomic E-state index is 4.29. The highest BCUT2D eigenvalue weighted by molar-refractivity contribution is 4.88. The Hall–Kier alpha value is -0.940. The van der Waals surface area contributed by atoms with Crippen LogP contribution < -0.4 is 5.32 Å². The molecule has 17 heavy (non-hydrogen) atoms. The molecule has 3 unspecified atom stereocenters. The fraction of sp³-hybridized carbons (Fsp3) is 0.833. The van der Waals surface area contributed by atoms with Gasteiger partial charge in [0.25, 0.3) is 0 Å². The topological polar surface area (TPSA) is 46.0 Å². The van der Waals surface area contributed by atoms with Crippen molar-refractivity contribution in [3.63, 3.8) is 0 Å². The summed E-state index contributed by atoms with van der Waals surface area (Å²) in [6.45, 7) is 6.53. The van der Waals surface area contributed by atoms with Gasteiger partial charge in [-0.2, -0.15) is 5.10 Å². The van der Waals surface area contributed by atoms with Crippen LogP contribution in [0, 0.1) is 5.92 Å². The highest BCUT2D eigenvalue weighted by Gasteiger charge is 2.28. The van der Waals surface area contributed by atoms with Gasteiger partial charge in [-0.15, -0.1) is 0 Å². The molecule has 1 aromatic rings. The summed E-state index contributed by atoms with van der Waals surface area (Å²) in [4.78, 5) is 6.67. The van der Waals surface area contributed by atoms with Gasteiger partial charge in [0.05, 0.1) is 6.54 Å². The third-order valence-corrected chi connectivity index (χ3v) is 3.78.